The van der Waals surface area contributed by atoms with Gasteiger partial charge in [-0.1, -0.05) is 0 Å². The minimum atomic E-state index is -1.24. The van der Waals surface area contributed by atoms with Crippen molar-refractivity contribution >= 4 is 18.0 Å². The number of carboxylic acids is 2. The van der Waals surface area contributed by atoms with Crippen LogP contribution in [0, 0.1) is 0 Å². The van der Waals surface area contributed by atoms with E-state index in [1.807, 2.05) is 7.05 Å². The van der Waals surface area contributed by atoms with Crippen molar-refractivity contribution in [3.05, 3.63) is 0 Å². The fraction of sp³-hybridized carbons (Fsp3) is 0.727. The van der Waals surface area contributed by atoms with Gasteiger partial charge in [0.2, 0.25) is 0 Å². The molecule has 0 saturated heterocycles. The normalized spacial score (nSPS) is 14.2. The van der Waals surface area contributed by atoms with E-state index in [9.17, 15) is 14.4 Å². The quantitative estimate of drug-likeness (QED) is 0.537. The maximum atomic E-state index is 11.7. The summed E-state index contributed by atoms with van der Waals surface area (Å²) in [6.07, 6.45) is 2.32. The summed E-state index contributed by atoms with van der Waals surface area (Å²) in [5.41, 5.74) is 0. The van der Waals surface area contributed by atoms with Gasteiger partial charge in [-0.25, -0.2) is 4.79 Å². The lowest BCUT2D eigenvalue weighted by Gasteiger charge is -2.21. The fourth-order valence-electron chi connectivity index (χ4n) is 1.67. The van der Waals surface area contributed by atoms with Crippen LogP contribution in [0.2, 0.25) is 0 Å². The minimum absolute atomic E-state index is 0.363. The van der Waals surface area contributed by atoms with E-state index >= 15 is 0 Å². The Morgan fingerprint density at radius 1 is 1.16 bits per heavy atom. The molecule has 2 amide bonds. The molecule has 1 fully saturated rings. The average Bonchev–Trinajstić information content (AvgIpc) is 3.10. The first-order valence-corrected chi connectivity index (χ1v) is 6.06. The Balaban J connectivity index is 2.32. The molecule has 0 atom stereocenters. The summed E-state index contributed by atoms with van der Waals surface area (Å²) in [5, 5.41) is 19.8. The van der Waals surface area contributed by atoms with Crippen molar-refractivity contribution in [1.29, 1.82) is 0 Å². The van der Waals surface area contributed by atoms with Crippen molar-refractivity contribution in [2.75, 3.05) is 33.2 Å². The molecule has 19 heavy (non-hydrogen) atoms. The van der Waals surface area contributed by atoms with Gasteiger partial charge < -0.3 is 25.3 Å². The van der Waals surface area contributed by atoms with Crippen LogP contribution in [0.1, 0.15) is 12.8 Å². The number of rotatable bonds is 8. The molecule has 0 heterocycles. The van der Waals surface area contributed by atoms with Crippen LogP contribution < -0.4 is 5.32 Å². The van der Waals surface area contributed by atoms with Gasteiger partial charge in [0.05, 0.1) is 0 Å². The van der Waals surface area contributed by atoms with Crippen molar-refractivity contribution in [2.45, 2.75) is 18.9 Å². The van der Waals surface area contributed by atoms with Gasteiger partial charge in [-0.15, -0.1) is 0 Å². The third kappa shape index (κ3) is 6.05. The van der Waals surface area contributed by atoms with E-state index in [4.69, 9.17) is 10.2 Å². The molecule has 0 aromatic carbocycles. The van der Waals surface area contributed by atoms with Gasteiger partial charge in [-0.2, -0.15) is 0 Å². The van der Waals surface area contributed by atoms with Crippen LogP contribution in [0.3, 0.4) is 0 Å². The molecule has 0 aliphatic heterocycles. The first kappa shape index (κ1) is 15.2. The second-order valence-corrected chi connectivity index (χ2v) is 4.59. The second-order valence-electron chi connectivity index (χ2n) is 4.59. The van der Waals surface area contributed by atoms with Crippen molar-refractivity contribution in [2.24, 2.45) is 0 Å². The molecular weight excluding hydrogens is 254 g/mol. The summed E-state index contributed by atoms with van der Waals surface area (Å²) in [6.45, 7) is -0.237. The molecule has 8 heteroatoms. The SMILES string of the molecule is CN(CCNC(=O)N(CC(=O)O)CC(=O)O)C1CC1. The van der Waals surface area contributed by atoms with Crippen LogP contribution in [0.15, 0.2) is 0 Å². The number of hydrogen-bond acceptors (Lipinski definition) is 4. The van der Waals surface area contributed by atoms with E-state index in [2.05, 4.69) is 10.2 Å². The number of urea groups is 1. The molecule has 0 aromatic heterocycles. The zero-order valence-corrected chi connectivity index (χ0v) is 10.8. The van der Waals surface area contributed by atoms with E-state index in [0.29, 0.717) is 19.1 Å². The zero-order chi connectivity index (χ0) is 14.4. The lowest BCUT2D eigenvalue weighted by atomic mass is 10.4. The van der Waals surface area contributed by atoms with Crippen molar-refractivity contribution in [1.82, 2.24) is 15.1 Å². The first-order valence-electron chi connectivity index (χ1n) is 6.06. The molecule has 3 N–H and O–H groups in total. The summed E-state index contributed by atoms with van der Waals surface area (Å²) in [6, 6.07) is -0.0972. The molecule has 0 spiro atoms. The van der Waals surface area contributed by atoms with Gasteiger partial charge >= 0.3 is 18.0 Å². The number of amides is 2. The molecule has 1 saturated carbocycles. The fourth-order valence-corrected chi connectivity index (χ4v) is 1.67. The maximum absolute atomic E-state index is 11.7. The lowest BCUT2D eigenvalue weighted by Crippen LogP contribution is -2.47. The Morgan fingerprint density at radius 3 is 2.11 bits per heavy atom. The Kier molecular flexibility index (Phi) is 5.56. The Labute approximate surface area is 111 Å². The van der Waals surface area contributed by atoms with Gasteiger partial charge in [0.1, 0.15) is 13.1 Å². The third-order valence-corrected chi connectivity index (χ3v) is 2.85. The Bertz CT molecular complexity index is 340. The van der Waals surface area contributed by atoms with E-state index in [0.717, 1.165) is 17.7 Å². The largest absolute Gasteiger partial charge is 0.480 e. The highest BCUT2D eigenvalue weighted by atomic mass is 16.4. The molecule has 1 aliphatic carbocycles. The predicted molar refractivity (Wildman–Crippen MR) is 65.9 cm³/mol. The number of carbonyl (C=O) groups is 3. The molecule has 8 nitrogen and oxygen atoms in total. The number of likely N-dealkylation sites (N-methyl/N-ethyl adjacent to an activating group) is 1. The first-order chi connectivity index (χ1) is 8.90. The van der Waals surface area contributed by atoms with Gasteiger partial charge in [-0.05, 0) is 19.9 Å². The number of nitrogens with zero attached hydrogens (tertiary/aromatic N) is 2. The molecule has 0 unspecified atom stereocenters. The summed E-state index contributed by atoms with van der Waals surface area (Å²) in [5.74, 6) is -2.49. The highest BCUT2D eigenvalue weighted by Crippen LogP contribution is 2.24. The van der Waals surface area contributed by atoms with Crippen molar-refractivity contribution < 1.29 is 24.6 Å². The van der Waals surface area contributed by atoms with E-state index in [1.54, 1.807) is 0 Å². The number of hydrogen-bond donors (Lipinski definition) is 3. The summed E-state index contributed by atoms with van der Waals surface area (Å²) < 4.78 is 0. The van der Waals surface area contributed by atoms with Crippen LogP contribution in [0.25, 0.3) is 0 Å². The Hall–Kier alpha value is -1.83. The van der Waals surface area contributed by atoms with Gasteiger partial charge in [-0.3, -0.25) is 9.59 Å². The lowest BCUT2D eigenvalue weighted by molar-refractivity contribution is -0.140. The summed E-state index contributed by atoms with van der Waals surface area (Å²) in [7, 11) is 1.95. The van der Waals surface area contributed by atoms with Crippen LogP contribution in [-0.4, -0.2) is 77.3 Å². The molecule has 108 valence electrons. The van der Waals surface area contributed by atoms with Gasteiger partial charge in [0.25, 0.3) is 0 Å². The van der Waals surface area contributed by atoms with Crippen LogP contribution in [0.5, 0.6) is 0 Å². The minimum Gasteiger partial charge on any atom is -0.480 e. The van der Waals surface area contributed by atoms with E-state index < -0.39 is 31.1 Å². The molecule has 0 radical (unpaired) electrons. The second kappa shape index (κ2) is 6.93. The molecule has 0 bridgehead atoms. The number of carbonyl (C=O) groups excluding carboxylic acids is 1. The molecule has 0 aromatic rings. The monoisotopic (exact) mass is 273 g/mol. The average molecular weight is 273 g/mol. The van der Waals surface area contributed by atoms with Gasteiger partial charge in [0, 0.05) is 19.1 Å². The molecular formula is C11H19N3O5. The highest BCUT2D eigenvalue weighted by Gasteiger charge is 2.26. The smallest absolute Gasteiger partial charge is 0.323 e. The van der Waals surface area contributed by atoms with E-state index in [-0.39, 0.29) is 0 Å². The number of nitrogens with one attached hydrogen (secondary N) is 1. The predicted octanol–water partition coefficient (Wildman–Crippen LogP) is -0.739. The van der Waals surface area contributed by atoms with Crippen LogP contribution >= 0.6 is 0 Å². The summed E-state index contributed by atoms with van der Waals surface area (Å²) >= 11 is 0. The number of aliphatic carboxylic acids is 2. The van der Waals surface area contributed by atoms with Crippen LogP contribution in [0.4, 0.5) is 4.79 Å². The van der Waals surface area contributed by atoms with Crippen molar-refractivity contribution in [3.63, 3.8) is 0 Å². The van der Waals surface area contributed by atoms with Crippen LogP contribution in [-0.2, 0) is 9.59 Å². The third-order valence-electron chi connectivity index (χ3n) is 2.85. The summed E-state index contributed by atoms with van der Waals surface area (Å²) in [4.78, 5) is 35.6. The standard InChI is InChI=1S/C11H19N3O5/c1-13(8-2-3-8)5-4-12-11(19)14(6-9(15)16)7-10(17)18/h8H,2-7H2,1H3,(H,12,19)(H,15,16)(H,17,18). The zero-order valence-electron chi connectivity index (χ0n) is 10.8. The molecule has 1 rings (SSSR count). The van der Waals surface area contributed by atoms with Crippen molar-refractivity contribution in [3.8, 4) is 0 Å². The highest BCUT2D eigenvalue weighted by molar-refractivity contribution is 5.84. The Morgan fingerprint density at radius 2 is 1.68 bits per heavy atom. The topological polar surface area (TPSA) is 110 Å². The van der Waals surface area contributed by atoms with E-state index in [1.165, 1.54) is 0 Å². The number of carboxylic acid groups (broad SMARTS) is 2. The van der Waals surface area contributed by atoms with Gasteiger partial charge in [0.15, 0.2) is 0 Å². The maximum Gasteiger partial charge on any atom is 0.323 e. The molecule has 1 aliphatic rings.